The molecular weight excluding hydrogens is 302 g/mol. The van der Waals surface area contributed by atoms with E-state index in [-0.39, 0.29) is 15.8 Å². The van der Waals surface area contributed by atoms with Crippen molar-refractivity contribution in [1.82, 2.24) is 9.62 Å². The van der Waals surface area contributed by atoms with E-state index in [1.54, 1.807) is 6.92 Å². The maximum atomic E-state index is 12.5. The predicted octanol–water partition coefficient (Wildman–Crippen LogP) is -0.684. The van der Waals surface area contributed by atoms with E-state index in [1.165, 1.54) is 22.5 Å². The van der Waals surface area contributed by atoms with Crippen LogP contribution in [0.5, 0.6) is 0 Å². The summed E-state index contributed by atoms with van der Waals surface area (Å²) in [6.07, 6.45) is 0. The van der Waals surface area contributed by atoms with Crippen molar-refractivity contribution in [2.24, 2.45) is 5.14 Å². The number of piperazine rings is 1. The van der Waals surface area contributed by atoms with Gasteiger partial charge in [0, 0.05) is 25.7 Å². The van der Waals surface area contributed by atoms with Crippen LogP contribution in [0.4, 0.5) is 0 Å². The first-order valence-electron chi connectivity index (χ1n) is 6.08. The van der Waals surface area contributed by atoms with Crippen molar-refractivity contribution in [3.63, 3.8) is 0 Å². The molecule has 0 saturated carbocycles. The number of primary sulfonamides is 1. The Labute approximate surface area is 118 Å². The smallest absolute Gasteiger partial charge is 0.243 e. The Bertz CT molecular complexity index is 700. The quantitative estimate of drug-likeness (QED) is 0.767. The third kappa shape index (κ3) is 3.01. The lowest BCUT2D eigenvalue weighted by Gasteiger charge is -2.32. The molecule has 1 aromatic carbocycles. The molecule has 0 radical (unpaired) electrons. The fourth-order valence-corrected chi connectivity index (χ4v) is 4.44. The molecule has 20 heavy (non-hydrogen) atoms. The highest BCUT2D eigenvalue weighted by Crippen LogP contribution is 2.21. The average molecular weight is 319 g/mol. The zero-order chi connectivity index (χ0) is 15.0. The van der Waals surface area contributed by atoms with E-state index < -0.39 is 20.0 Å². The van der Waals surface area contributed by atoms with Crippen molar-refractivity contribution in [3.8, 4) is 0 Å². The second kappa shape index (κ2) is 5.41. The topological polar surface area (TPSA) is 110 Å². The van der Waals surface area contributed by atoms with Crippen LogP contribution in [-0.4, -0.2) is 46.8 Å². The summed E-state index contributed by atoms with van der Waals surface area (Å²) in [5.41, 5.74) is 0. The SMILES string of the molecule is C[C@@H]1CNCCN1S(=O)(=O)c1cccc(S(N)(=O)=O)c1. The second-order valence-electron chi connectivity index (χ2n) is 4.69. The van der Waals surface area contributed by atoms with Gasteiger partial charge in [0.15, 0.2) is 0 Å². The molecule has 0 spiro atoms. The van der Waals surface area contributed by atoms with Gasteiger partial charge in [-0.1, -0.05) is 6.07 Å². The van der Waals surface area contributed by atoms with Gasteiger partial charge in [0.1, 0.15) is 0 Å². The van der Waals surface area contributed by atoms with Gasteiger partial charge in [-0.25, -0.2) is 22.0 Å². The zero-order valence-corrected chi connectivity index (χ0v) is 12.6. The summed E-state index contributed by atoms with van der Waals surface area (Å²) in [6.45, 7) is 3.28. The lowest BCUT2D eigenvalue weighted by Crippen LogP contribution is -2.52. The van der Waals surface area contributed by atoms with Crippen LogP contribution in [0.1, 0.15) is 6.92 Å². The molecule has 1 aliphatic rings. The van der Waals surface area contributed by atoms with Crippen LogP contribution in [-0.2, 0) is 20.0 Å². The first-order valence-corrected chi connectivity index (χ1v) is 9.07. The highest BCUT2D eigenvalue weighted by atomic mass is 32.2. The van der Waals surface area contributed by atoms with Gasteiger partial charge in [0.2, 0.25) is 20.0 Å². The third-order valence-electron chi connectivity index (χ3n) is 3.18. The molecule has 7 nitrogen and oxygen atoms in total. The first-order chi connectivity index (χ1) is 9.23. The summed E-state index contributed by atoms with van der Waals surface area (Å²) in [6, 6.07) is 4.93. The van der Waals surface area contributed by atoms with Crippen LogP contribution >= 0.6 is 0 Å². The third-order valence-corrected chi connectivity index (χ3v) is 6.10. The van der Waals surface area contributed by atoms with Crippen LogP contribution in [0, 0.1) is 0 Å². The minimum Gasteiger partial charge on any atom is -0.314 e. The van der Waals surface area contributed by atoms with E-state index >= 15 is 0 Å². The molecule has 0 aliphatic carbocycles. The minimum atomic E-state index is -3.93. The zero-order valence-electron chi connectivity index (χ0n) is 11.0. The minimum absolute atomic E-state index is 0.0576. The van der Waals surface area contributed by atoms with Crippen molar-refractivity contribution in [3.05, 3.63) is 24.3 Å². The number of rotatable bonds is 3. The summed E-state index contributed by atoms with van der Waals surface area (Å²) in [5, 5.41) is 8.13. The Morgan fingerprint density at radius 2 is 1.90 bits per heavy atom. The normalized spacial score (nSPS) is 21.8. The van der Waals surface area contributed by atoms with Crippen molar-refractivity contribution >= 4 is 20.0 Å². The molecule has 0 aromatic heterocycles. The molecule has 0 bridgehead atoms. The number of nitrogens with zero attached hydrogens (tertiary/aromatic N) is 1. The average Bonchev–Trinajstić information content (AvgIpc) is 2.38. The molecule has 1 heterocycles. The predicted molar refractivity (Wildman–Crippen MR) is 74.0 cm³/mol. The van der Waals surface area contributed by atoms with Crippen molar-refractivity contribution in [1.29, 1.82) is 0 Å². The van der Waals surface area contributed by atoms with Gasteiger partial charge in [0.05, 0.1) is 9.79 Å². The molecule has 112 valence electrons. The first kappa shape index (κ1) is 15.4. The van der Waals surface area contributed by atoms with Crippen LogP contribution in [0.2, 0.25) is 0 Å². The molecule has 1 saturated heterocycles. The molecule has 9 heteroatoms. The van der Waals surface area contributed by atoms with Crippen molar-refractivity contribution in [2.45, 2.75) is 22.8 Å². The maximum Gasteiger partial charge on any atom is 0.243 e. The summed E-state index contributed by atoms with van der Waals surface area (Å²) >= 11 is 0. The Kier molecular flexibility index (Phi) is 4.17. The molecule has 2 rings (SSSR count). The molecule has 0 unspecified atom stereocenters. The Hall–Kier alpha value is -1.00. The summed E-state index contributed by atoms with van der Waals surface area (Å²) in [4.78, 5) is -0.265. The molecular formula is C11H17N3O4S2. The number of nitrogens with one attached hydrogen (secondary N) is 1. The van der Waals surface area contributed by atoms with Gasteiger partial charge in [0.25, 0.3) is 0 Å². The molecule has 1 atom stereocenters. The summed E-state index contributed by atoms with van der Waals surface area (Å²) in [5.74, 6) is 0. The van der Waals surface area contributed by atoms with Crippen LogP contribution < -0.4 is 10.5 Å². The van der Waals surface area contributed by atoms with E-state index in [9.17, 15) is 16.8 Å². The largest absolute Gasteiger partial charge is 0.314 e. The lowest BCUT2D eigenvalue weighted by molar-refractivity contribution is 0.284. The van der Waals surface area contributed by atoms with E-state index in [0.29, 0.717) is 19.6 Å². The van der Waals surface area contributed by atoms with E-state index in [4.69, 9.17) is 5.14 Å². The fourth-order valence-electron chi connectivity index (χ4n) is 2.13. The van der Waals surface area contributed by atoms with Gasteiger partial charge in [-0.2, -0.15) is 4.31 Å². The van der Waals surface area contributed by atoms with Crippen molar-refractivity contribution < 1.29 is 16.8 Å². The molecule has 3 N–H and O–H groups in total. The highest BCUT2D eigenvalue weighted by Gasteiger charge is 2.31. The van der Waals surface area contributed by atoms with Crippen LogP contribution in [0.3, 0.4) is 0 Å². The Morgan fingerprint density at radius 1 is 1.25 bits per heavy atom. The molecule has 1 aliphatic heterocycles. The fraction of sp³-hybridized carbons (Fsp3) is 0.455. The van der Waals surface area contributed by atoms with Crippen LogP contribution in [0.25, 0.3) is 0 Å². The number of nitrogens with two attached hydrogens (primary N) is 1. The van der Waals surface area contributed by atoms with Gasteiger partial charge in [-0.3, -0.25) is 0 Å². The lowest BCUT2D eigenvalue weighted by atomic mass is 10.3. The molecule has 1 aromatic rings. The molecule has 0 amide bonds. The van der Waals surface area contributed by atoms with Gasteiger partial charge < -0.3 is 5.32 Å². The van der Waals surface area contributed by atoms with Crippen LogP contribution in [0.15, 0.2) is 34.1 Å². The molecule has 1 fully saturated rings. The number of benzene rings is 1. The van der Waals surface area contributed by atoms with Gasteiger partial charge in [-0.15, -0.1) is 0 Å². The second-order valence-corrected chi connectivity index (χ2v) is 8.14. The number of hydrogen-bond donors (Lipinski definition) is 2. The van der Waals surface area contributed by atoms with E-state index in [0.717, 1.165) is 6.07 Å². The van der Waals surface area contributed by atoms with Crippen molar-refractivity contribution in [2.75, 3.05) is 19.6 Å². The monoisotopic (exact) mass is 319 g/mol. The standard InChI is InChI=1S/C11H17N3O4S2/c1-9-8-13-5-6-14(9)20(17,18)11-4-2-3-10(7-11)19(12,15)16/h2-4,7,9,13H,5-6,8H2,1H3,(H2,12,15,16)/t9-/m1/s1. The van der Waals surface area contributed by atoms with E-state index in [2.05, 4.69) is 5.32 Å². The highest BCUT2D eigenvalue weighted by molar-refractivity contribution is 7.90. The maximum absolute atomic E-state index is 12.5. The van der Waals surface area contributed by atoms with Gasteiger partial charge in [-0.05, 0) is 25.1 Å². The number of sulfonamides is 2. The summed E-state index contributed by atoms with van der Waals surface area (Å²) < 4.78 is 49.1. The number of hydrogen-bond acceptors (Lipinski definition) is 5. The Morgan fingerprint density at radius 3 is 2.50 bits per heavy atom. The van der Waals surface area contributed by atoms with E-state index in [1.807, 2.05) is 0 Å². The Balaban J connectivity index is 2.44. The van der Waals surface area contributed by atoms with Gasteiger partial charge >= 0.3 is 0 Å². The summed E-state index contributed by atoms with van der Waals surface area (Å²) in [7, 11) is -7.65.